The fourth-order valence-corrected chi connectivity index (χ4v) is 2.85. The lowest BCUT2D eigenvalue weighted by atomic mass is 9.80. The Morgan fingerprint density at radius 2 is 1.85 bits per heavy atom. The molecule has 1 aliphatic heterocycles. The Morgan fingerprint density at radius 3 is 2.50 bits per heavy atom. The number of para-hydroxylation sites is 1. The molecule has 0 atom stereocenters. The summed E-state index contributed by atoms with van der Waals surface area (Å²) in [4.78, 5) is 36.1. The molecule has 0 unspecified atom stereocenters. The average Bonchev–Trinajstić information content (AvgIpc) is 2.68. The van der Waals surface area contributed by atoms with Crippen molar-refractivity contribution < 1.29 is 19.4 Å². The molecule has 1 aromatic carbocycles. The molecule has 1 saturated heterocycles. The van der Waals surface area contributed by atoms with Crippen LogP contribution >= 0.6 is 0 Å². The van der Waals surface area contributed by atoms with Gasteiger partial charge in [0, 0.05) is 25.8 Å². The van der Waals surface area contributed by atoms with Gasteiger partial charge in [0.25, 0.3) is 11.5 Å². The van der Waals surface area contributed by atoms with Gasteiger partial charge in [0.15, 0.2) is 0 Å². The molecular weight excluding hydrogens is 338 g/mol. The Morgan fingerprint density at radius 1 is 1.15 bits per heavy atom. The highest BCUT2D eigenvalue weighted by Gasteiger charge is 2.40. The second-order valence-electron chi connectivity index (χ2n) is 6.18. The normalized spacial score (nSPS) is 16.0. The molecule has 2 N–H and O–H groups in total. The van der Waals surface area contributed by atoms with E-state index in [-0.39, 0.29) is 17.8 Å². The number of aromatic nitrogens is 2. The number of amides is 1. The van der Waals surface area contributed by atoms with E-state index >= 15 is 0 Å². The van der Waals surface area contributed by atoms with Gasteiger partial charge in [-0.15, -0.1) is 0 Å². The maximum Gasteiger partial charge on any atom is 0.311 e. The number of ether oxygens (including phenoxy) is 1. The third-order valence-corrected chi connectivity index (χ3v) is 4.52. The molecule has 0 saturated carbocycles. The maximum absolute atomic E-state index is 12.4. The summed E-state index contributed by atoms with van der Waals surface area (Å²) in [6.45, 7) is 0.676. The van der Waals surface area contributed by atoms with Crippen molar-refractivity contribution in [2.75, 3.05) is 19.8 Å². The van der Waals surface area contributed by atoms with Crippen molar-refractivity contribution in [2.45, 2.75) is 12.8 Å². The van der Waals surface area contributed by atoms with Crippen LogP contribution in [-0.4, -0.2) is 46.5 Å². The van der Waals surface area contributed by atoms with E-state index in [2.05, 4.69) is 10.4 Å². The highest BCUT2D eigenvalue weighted by molar-refractivity contribution is 5.92. The number of rotatable bonds is 5. The maximum atomic E-state index is 12.4. The molecule has 0 spiro atoms. The smallest absolute Gasteiger partial charge is 0.311 e. The van der Waals surface area contributed by atoms with E-state index in [4.69, 9.17) is 4.74 Å². The van der Waals surface area contributed by atoms with Gasteiger partial charge in [0.1, 0.15) is 5.69 Å². The standard InChI is InChI=1S/C18H19N3O5/c22-15-7-6-14(20-21(15)13-4-2-1-3-5-13)16(23)19-12-18(17(24)25)8-10-26-11-9-18/h1-7H,8-12H2,(H,19,23)(H,24,25). The minimum absolute atomic E-state index is 0.0172. The lowest BCUT2D eigenvalue weighted by Gasteiger charge is -2.33. The first kappa shape index (κ1) is 17.8. The summed E-state index contributed by atoms with van der Waals surface area (Å²) in [6, 6.07) is 11.3. The zero-order chi connectivity index (χ0) is 18.6. The van der Waals surface area contributed by atoms with E-state index in [1.165, 1.54) is 12.1 Å². The van der Waals surface area contributed by atoms with Crippen molar-refractivity contribution >= 4 is 11.9 Å². The molecule has 0 bridgehead atoms. The molecule has 8 heteroatoms. The van der Waals surface area contributed by atoms with Gasteiger partial charge in [-0.2, -0.15) is 9.78 Å². The fourth-order valence-electron chi connectivity index (χ4n) is 2.85. The summed E-state index contributed by atoms with van der Waals surface area (Å²) in [6.07, 6.45) is 0.666. The third-order valence-electron chi connectivity index (χ3n) is 4.52. The first-order valence-corrected chi connectivity index (χ1v) is 8.27. The van der Waals surface area contributed by atoms with Gasteiger partial charge < -0.3 is 15.2 Å². The molecule has 0 aliphatic carbocycles. The SMILES string of the molecule is O=C(NCC1(C(=O)O)CCOCC1)c1ccc(=O)n(-c2ccccc2)n1. The quantitative estimate of drug-likeness (QED) is 0.821. The van der Waals surface area contributed by atoms with Gasteiger partial charge >= 0.3 is 5.97 Å². The molecule has 136 valence electrons. The molecule has 2 heterocycles. The Kier molecular flexibility index (Phi) is 5.13. The number of benzene rings is 1. The molecule has 1 fully saturated rings. The van der Waals surface area contributed by atoms with E-state index in [0.717, 1.165) is 4.68 Å². The molecule has 1 aromatic heterocycles. The lowest BCUT2D eigenvalue weighted by molar-refractivity contribution is -0.154. The van der Waals surface area contributed by atoms with Crippen LogP contribution in [0.25, 0.3) is 5.69 Å². The Bertz CT molecular complexity index is 857. The van der Waals surface area contributed by atoms with Crippen LogP contribution in [-0.2, 0) is 9.53 Å². The highest BCUT2D eigenvalue weighted by Crippen LogP contribution is 2.30. The molecular formula is C18H19N3O5. The number of nitrogens with zero attached hydrogens (tertiary/aromatic N) is 2. The van der Waals surface area contributed by atoms with E-state index < -0.39 is 17.3 Å². The van der Waals surface area contributed by atoms with Gasteiger partial charge in [0.05, 0.1) is 11.1 Å². The summed E-state index contributed by atoms with van der Waals surface area (Å²) in [5, 5.41) is 16.3. The minimum Gasteiger partial charge on any atom is -0.481 e. The topological polar surface area (TPSA) is 111 Å². The largest absolute Gasteiger partial charge is 0.481 e. The summed E-state index contributed by atoms with van der Waals surface area (Å²) >= 11 is 0. The number of carboxylic acids is 1. The Balaban J connectivity index is 1.78. The number of hydrogen-bond donors (Lipinski definition) is 2. The summed E-state index contributed by atoms with van der Waals surface area (Å²) in [7, 11) is 0. The van der Waals surface area contributed by atoms with Crippen molar-refractivity contribution in [3.05, 3.63) is 58.5 Å². The summed E-state index contributed by atoms with van der Waals surface area (Å²) < 4.78 is 6.35. The number of carboxylic acid groups (broad SMARTS) is 1. The number of hydrogen-bond acceptors (Lipinski definition) is 5. The Hall–Kier alpha value is -3.00. The molecule has 1 amide bonds. The van der Waals surface area contributed by atoms with Crippen molar-refractivity contribution in [1.82, 2.24) is 15.1 Å². The average molecular weight is 357 g/mol. The molecule has 8 nitrogen and oxygen atoms in total. The fraction of sp³-hybridized carbons (Fsp3) is 0.333. The molecule has 26 heavy (non-hydrogen) atoms. The number of nitrogens with one attached hydrogen (secondary N) is 1. The van der Waals surface area contributed by atoms with E-state index in [1.807, 2.05) is 6.07 Å². The second kappa shape index (κ2) is 7.49. The van der Waals surface area contributed by atoms with Gasteiger partial charge in [-0.1, -0.05) is 18.2 Å². The van der Waals surface area contributed by atoms with Gasteiger partial charge in [-0.3, -0.25) is 14.4 Å². The number of aliphatic carboxylic acids is 1. The predicted octanol–water partition coefficient (Wildman–Crippen LogP) is 0.844. The number of carbonyl (C=O) groups is 2. The summed E-state index contributed by atoms with van der Waals surface area (Å²) in [5.41, 5.74) is -0.819. The van der Waals surface area contributed by atoms with Crippen molar-refractivity contribution in [3.63, 3.8) is 0 Å². The van der Waals surface area contributed by atoms with Crippen LogP contribution < -0.4 is 10.9 Å². The second-order valence-corrected chi connectivity index (χ2v) is 6.18. The van der Waals surface area contributed by atoms with Crippen LogP contribution in [0.3, 0.4) is 0 Å². The van der Waals surface area contributed by atoms with Gasteiger partial charge in [0.2, 0.25) is 0 Å². The third kappa shape index (κ3) is 3.65. The first-order valence-electron chi connectivity index (χ1n) is 8.27. The van der Waals surface area contributed by atoms with Crippen LogP contribution in [0.4, 0.5) is 0 Å². The lowest BCUT2D eigenvalue weighted by Crippen LogP contribution is -2.46. The minimum atomic E-state index is -1.04. The Labute approximate surface area is 149 Å². The predicted molar refractivity (Wildman–Crippen MR) is 92.3 cm³/mol. The molecule has 1 aliphatic rings. The van der Waals surface area contributed by atoms with E-state index in [9.17, 15) is 19.5 Å². The van der Waals surface area contributed by atoms with Gasteiger partial charge in [-0.25, -0.2) is 0 Å². The summed E-state index contributed by atoms with van der Waals surface area (Å²) in [5.74, 6) is -1.48. The molecule has 2 aromatic rings. The van der Waals surface area contributed by atoms with Crippen molar-refractivity contribution in [1.29, 1.82) is 0 Å². The van der Waals surface area contributed by atoms with Crippen LogP contribution in [0.5, 0.6) is 0 Å². The first-order chi connectivity index (χ1) is 12.5. The van der Waals surface area contributed by atoms with Crippen LogP contribution in [0.1, 0.15) is 23.3 Å². The van der Waals surface area contributed by atoms with Crippen LogP contribution in [0.15, 0.2) is 47.3 Å². The van der Waals surface area contributed by atoms with Crippen LogP contribution in [0.2, 0.25) is 0 Å². The molecule has 0 radical (unpaired) electrons. The van der Waals surface area contributed by atoms with Crippen LogP contribution in [0, 0.1) is 5.41 Å². The van der Waals surface area contributed by atoms with Gasteiger partial charge in [-0.05, 0) is 31.0 Å². The highest BCUT2D eigenvalue weighted by atomic mass is 16.5. The van der Waals surface area contributed by atoms with Crippen molar-refractivity contribution in [3.8, 4) is 5.69 Å². The van der Waals surface area contributed by atoms with E-state index in [1.54, 1.807) is 24.3 Å². The zero-order valence-electron chi connectivity index (χ0n) is 14.1. The number of carbonyl (C=O) groups excluding carboxylic acids is 1. The molecule has 3 rings (SSSR count). The zero-order valence-corrected chi connectivity index (χ0v) is 14.1. The van der Waals surface area contributed by atoms with Crippen molar-refractivity contribution in [2.24, 2.45) is 5.41 Å². The monoisotopic (exact) mass is 357 g/mol. The van der Waals surface area contributed by atoms with E-state index in [0.29, 0.717) is 31.7 Å².